The number of carboxylic acid groups (broad SMARTS) is 1. The van der Waals surface area contributed by atoms with Gasteiger partial charge in [0.15, 0.2) is 0 Å². The molecule has 0 radical (unpaired) electrons. The summed E-state index contributed by atoms with van der Waals surface area (Å²) in [7, 11) is 0. The molecule has 0 aliphatic carbocycles. The molecular formula is C21H17FN4O4. The molecule has 2 aromatic carbocycles. The number of benzene rings is 2. The molecule has 1 amide bonds. The lowest BCUT2D eigenvalue weighted by atomic mass is 10.0. The van der Waals surface area contributed by atoms with E-state index in [4.69, 9.17) is 5.73 Å². The molecule has 30 heavy (non-hydrogen) atoms. The first kappa shape index (κ1) is 19.3. The first-order valence-corrected chi connectivity index (χ1v) is 9.06. The topological polar surface area (TPSA) is 120 Å². The molecular weight excluding hydrogens is 391 g/mol. The molecule has 0 saturated carbocycles. The second kappa shape index (κ2) is 7.11. The average Bonchev–Trinajstić information content (AvgIpc) is 2.94. The van der Waals surface area contributed by atoms with Crippen LogP contribution in [-0.2, 0) is 22.7 Å². The summed E-state index contributed by atoms with van der Waals surface area (Å²) in [5.74, 6) is -2.28. The van der Waals surface area contributed by atoms with E-state index in [0.29, 0.717) is 38.6 Å². The molecule has 0 fully saturated rings. The standard InChI is InChI=1S/C21H17FN4O4/c1-11-19(15-8-12(22)6-7-16(15)25(11)10-18(28)29)20-13-4-2-3-5-14(13)21(30)26(24-20)9-17(23)27/h2-8H,9-10H2,1H3,(H2,23,27)(H,28,29). The molecule has 0 aliphatic heterocycles. The number of amides is 1. The fourth-order valence-electron chi connectivity index (χ4n) is 3.77. The van der Waals surface area contributed by atoms with Crippen LogP contribution >= 0.6 is 0 Å². The predicted octanol–water partition coefficient (Wildman–Crippen LogP) is 2.04. The van der Waals surface area contributed by atoms with Gasteiger partial charge in [-0.2, -0.15) is 5.10 Å². The summed E-state index contributed by atoms with van der Waals surface area (Å²) in [4.78, 5) is 35.6. The number of nitrogens with zero attached hydrogens (tertiary/aromatic N) is 3. The Morgan fingerprint density at radius 2 is 1.80 bits per heavy atom. The van der Waals surface area contributed by atoms with Crippen molar-refractivity contribution in [1.29, 1.82) is 0 Å². The molecule has 3 N–H and O–H groups in total. The molecule has 0 unspecified atom stereocenters. The van der Waals surface area contributed by atoms with Crippen LogP contribution in [0.25, 0.3) is 32.9 Å². The Morgan fingerprint density at radius 3 is 2.47 bits per heavy atom. The van der Waals surface area contributed by atoms with E-state index in [9.17, 15) is 23.9 Å². The Hall–Kier alpha value is -4.01. The summed E-state index contributed by atoms with van der Waals surface area (Å²) in [6.45, 7) is 0.959. The number of carboxylic acids is 1. The molecule has 152 valence electrons. The molecule has 4 rings (SSSR count). The Labute approximate surface area is 168 Å². The summed E-state index contributed by atoms with van der Waals surface area (Å²) in [5.41, 5.74) is 6.67. The van der Waals surface area contributed by atoms with Crippen LogP contribution in [0.3, 0.4) is 0 Å². The van der Waals surface area contributed by atoms with E-state index in [1.165, 1.54) is 18.2 Å². The number of primary amides is 1. The molecule has 0 aliphatic rings. The number of rotatable bonds is 5. The van der Waals surface area contributed by atoms with Gasteiger partial charge in [0.2, 0.25) is 5.91 Å². The van der Waals surface area contributed by atoms with E-state index in [1.807, 2.05) is 0 Å². The van der Waals surface area contributed by atoms with Gasteiger partial charge in [0.05, 0.1) is 5.39 Å². The number of hydrogen-bond acceptors (Lipinski definition) is 4. The Morgan fingerprint density at radius 1 is 1.10 bits per heavy atom. The minimum Gasteiger partial charge on any atom is -0.480 e. The molecule has 8 nitrogen and oxygen atoms in total. The number of aromatic nitrogens is 3. The SMILES string of the molecule is Cc1c(-c2nn(CC(N)=O)c(=O)c3ccccc23)c2cc(F)ccc2n1CC(=O)O. The van der Waals surface area contributed by atoms with Gasteiger partial charge < -0.3 is 15.4 Å². The lowest BCUT2D eigenvalue weighted by Crippen LogP contribution is -2.30. The number of hydrogen-bond donors (Lipinski definition) is 2. The van der Waals surface area contributed by atoms with E-state index in [1.54, 1.807) is 35.8 Å². The van der Waals surface area contributed by atoms with Crippen LogP contribution in [0.5, 0.6) is 0 Å². The number of nitrogens with two attached hydrogens (primary N) is 1. The van der Waals surface area contributed by atoms with Crippen LogP contribution in [0.1, 0.15) is 5.69 Å². The molecule has 2 aromatic heterocycles. The Bertz CT molecular complexity index is 1400. The molecule has 0 saturated heterocycles. The zero-order valence-corrected chi connectivity index (χ0v) is 15.9. The van der Waals surface area contributed by atoms with Gasteiger partial charge >= 0.3 is 5.97 Å². The molecule has 0 bridgehead atoms. The second-order valence-corrected chi connectivity index (χ2v) is 6.93. The summed E-state index contributed by atoms with van der Waals surface area (Å²) in [6.07, 6.45) is 0. The Balaban J connectivity index is 2.15. The van der Waals surface area contributed by atoms with Crippen LogP contribution in [0, 0.1) is 12.7 Å². The minimum atomic E-state index is -1.05. The quantitative estimate of drug-likeness (QED) is 0.524. The second-order valence-electron chi connectivity index (χ2n) is 6.93. The van der Waals surface area contributed by atoms with Crippen molar-refractivity contribution in [2.45, 2.75) is 20.0 Å². The smallest absolute Gasteiger partial charge is 0.323 e. The van der Waals surface area contributed by atoms with Gasteiger partial charge in [0.25, 0.3) is 5.56 Å². The Kier molecular flexibility index (Phi) is 4.57. The summed E-state index contributed by atoms with van der Waals surface area (Å²) in [5, 5.41) is 15.0. The number of halogens is 1. The van der Waals surface area contributed by atoms with Crippen molar-refractivity contribution in [3.05, 3.63) is 64.3 Å². The fourth-order valence-corrected chi connectivity index (χ4v) is 3.77. The predicted molar refractivity (Wildman–Crippen MR) is 108 cm³/mol. The molecule has 4 aromatic rings. The van der Waals surface area contributed by atoms with E-state index in [2.05, 4.69) is 5.10 Å². The van der Waals surface area contributed by atoms with Crippen molar-refractivity contribution in [2.24, 2.45) is 5.73 Å². The van der Waals surface area contributed by atoms with Crippen molar-refractivity contribution < 1.29 is 19.1 Å². The van der Waals surface area contributed by atoms with Crippen LogP contribution in [0.15, 0.2) is 47.3 Å². The van der Waals surface area contributed by atoms with Crippen LogP contribution in [0.2, 0.25) is 0 Å². The van der Waals surface area contributed by atoms with Gasteiger partial charge in [0.1, 0.15) is 24.6 Å². The van der Waals surface area contributed by atoms with Crippen LogP contribution in [0.4, 0.5) is 4.39 Å². The van der Waals surface area contributed by atoms with Gasteiger partial charge in [-0.3, -0.25) is 14.4 Å². The van der Waals surface area contributed by atoms with Gasteiger partial charge in [-0.25, -0.2) is 9.07 Å². The van der Waals surface area contributed by atoms with E-state index in [0.717, 1.165) is 4.68 Å². The van der Waals surface area contributed by atoms with Gasteiger partial charge in [-0.1, -0.05) is 18.2 Å². The third-order valence-corrected chi connectivity index (χ3v) is 4.99. The lowest BCUT2D eigenvalue weighted by molar-refractivity contribution is -0.137. The summed E-state index contributed by atoms with van der Waals surface area (Å²) >= 11 is 0. The van der Waals surface area contributed by atoms with E-state index >= 15 is 0 Å². The van der Waals surface area contributed by atoms with Crippen LogP contribution < -0.4 is 11.3 Å². The normalized spacial score (nSPS) is 11.3. The summed E-state index contributed by atoms with van der Waals surface area (Å²) < 4.78 is 16.6. The molecule has 9 heteroatoms. The van der Waals surface area contributed by atoms with Gasteiger partial charge in [0, 0.05) is 27.5 Å². The maximum atomic E-state index is 14.1. The molecule has 2 heterocycles. The highest BCUT2D eigenvalue weighted by molar-refractivity contribution is 6.05. The number of aliphatic carboxylic acids is 1. The highest BCUT2D eigenvalue weighted by Gasteiger charge is 2.22. The number of fused-ring (bicyclic) bond motifs is 2. The first-order valence-electron chi connectivity index (χ1n) is 9.06. The van der Waals surface area contributed by atoms with Crippen LogP contribution in [-0.4, -0.2) is 31.3 Å². The van der Waals surface area contributed by atoms with Gasteiger partial charge in [-0.05, 0) is 31.2 Å². The largest absolute Gasteiger partial charge is 0.480 e. The zero-order valence-electron chi connectivity index (χ0n) is 15.9. The highest BCUT2D eigenvalue weighted by atomic mass is 19.1. The van der Waals surface area contributed by atoms with Crippen molar-refractivity contribution in [3.63, 3.8) is 0 Å². The average molecular weight is 408 g/mol. The third kappa shape index (κ3) is 3.10. The van der Waals surface area contributed by atoms with E-state index < -0.39 is 29.8 Å². The molecule has 0 spiro atoms. The van der Waals surface area contributed by atoms with Gasteiger partial charge in [-0.15, -0.1) is 0 Å². The molecule has 0 atom stereocenters. The first-order chi connectivity index (χ1) is 14.3. The number of carbonyl (C=O) groups excluding carboxylic acids is 1. The highest BCUT2D eigenvalue weighted by Crippen LogP contribution is 2.36. The van der Waals surface area contributed by atoms with Crippen molar-refractivity contribution in [2.75, 3.05) is 0 Å². The monoisotopic (exact) mass is 408 g/mol. The minimum absolute atomic E-state index is 0.318. The van der Waals surface area contributed by atoms with Crippen molar-refractivity contribution in [3.8, 4) is 11.3 Å². The maximum Gasteiger partial charge on any atom is 0.323 e. The third-order valence-electron chi connectivity index (χ3n) is 4.99. The van der Waals surface area contributed by atoms with Crippen molar-refractivity contribution in [1.82, 2.24) is 14.3 Å². The van der Waals surface area contributed by atoms with E-state index in [-0.39, 0.29) is 6.54 Å². The van der Waals surface area contributed by atoms with Crippen molar-refractivity contribution >= 4 is 33.6 Å². The number of carbonyl (C=O) groups is 2. The lowest BCUT2D eigenvalue weighted by Gasteiger charge is -2.11. The maximum absolute atomic E-state index is 14.1. The zero-order chi connectivity index (χ0) is 21.6. The summed E-state index contributed by atoms with van der Waals surface area (Å²) in [6, 6.07) is 10.8. The fraction of sp³-hybridized carbons (Fsp3) is 0.143.